The van der Waals surface area contributed by atoms with Gasteiger partial charge in [-0.3, -0.25) is 4.79 Å². The van der Waals surface area contributed by atoms with Crippen LogP contribution in [0.3, 0.4) is 0 Å². The maximum Gasteiger partial charge on any atom is 0.326 e. The first-order chi connectivity index (χ1) is 9.03. The minimum atomic E-state index is -3.25. The van der Waals surface area contributed by atoms with Crippen molar-refractivity contribution in [3.63, 3.8) is 0 Å². The zero-order valence-electron chi connectivity index (χ0n) is 12.2. The number of rotatable bonds is 6. The normalized spacial score (nSPS) is 23.2. The molecule has 116 valence electrons. The van der Waals surface area contributed by atoms with E-state index in [0.717, 1.165) is 25.5 Å². The Kier molecular flexibility index (Phi) is 5.18. The van der Waals surface area contributed by atoms with Crippen molar-refractivity contribution in [2.75, 3.05) is 12.0 Å². The Morgan fingerprint density at radius 3 is 2.40 bits per heavy atom. The van der Waals surface area contributed by atoms with Crippen molar-refractivity contribution in [3.8, 4) is 0 Å². The molecule has 0 aliphatic heterocycles. The number of carboxylic acid groups (broad SMARTS) is 1. The molecule has 2 N–H and O–H groups in total. The summed E-state index contributed by atoms with van der Waals surface area (Å²) in [6, 6.07) is -1.14. The van der Waals surface area contributed by atoms with Crippen LogP contribution in [0, 0.1) is 11.3 Å². The van der Waals surface area contributed by atoms with Crippen LogP contribution in [0.4, 0.5) is 0 Å². The minimum absolute atomic E-state index is 0.104. The van der Waals surface area contributed by atoms with E-state index in [0.29, 0.717) is 0 Å². The molecule has 0 saturated heterocycles. The highest BCUT2D eigenvalue weighted by Crippen LogP contribution is 2.42. The first kappa shape index (κ1) is 16.9. The summed E-state index contributed by atoms with van der Waals surface area (Å²) in [5.41, 5.74) is -0.135. The molecule has 7 heteroatoms. The Balaban J connectivity index is 2.66. The molecule has 1 fully saturated rings. The lowest BCUT2D eigenvalue weighted by Gasteiger charge is -2.27. The summed E-state index contributed by atoms with van der Waals surface area (Å²) >= 11 is 0. The van der Waals surface area contributed by atoms with Crippen LogP contribution in [-0.2, 0) is 19.4 Å². The van der Waals surface area contributed by atoms with Crippen LogP contribution in [0.1, 0.15) is 39.5 Å². The smallest absolute Gasteiger partial charge is 0.326 e. The lowest BCUT2D eigenvalue weighted by molar-refractivity contribution is -0.143. The Labute approximate surface area is 119 Å². The number of nitrogens with one attached hydrogen (secondary N) is 1. The highest BCUT2D eigenvalue weighted by Gasteiger charge is 2.40. The highest BCUT2D eigenvalue weighted by atomic mass is 32.2. The molecule has 0 bridgehead atoms. The van der Waals surface area contributed by atoms with E-state index in [2.05, 4.69) is 5.32 Å². The molecule has 1 aliphatic rings. The second kappa shape index (κ2) is 6.11. The van der Waals surface area contributed by atoms with E-state index in [1.165, 1.54) is 0 Å². The SMILES string of the molecule is CC1(C)CCCC1C(=O)NC(CCS(C)(=O)=O)C(=O)O. The highest BCUT2D eigenvalue weighted by molar-refractivity contribution is 7.90. The van der Waals surface area contributed by atoms with Crippen molar-refractivity contribution >= 4 is 21.7 Å². The quantitative estimate of drug-likeness (QED) is 0.756. The molecular formula is C13H23NO5S. The summed E-state index contributed by atoms with van der Waals surface area (Å²) in [5.74, 6) is -1.94. The number of aliphatic carboxylic acids is 1. The summed E-state index contributed by atoms with van der Waals surface area (Å²) in [6.07, 6.45) is 3.58. The van der Waals surface area contributed by atoms with Gasteiger partial charge >= 0.3 is 5.97 Å². The third-order valence-electron chi connectivity index (χ3n) is 3.97. The van der Waals surface area contributed by atoms with E-state index in [1.54, 1.807) is 0 Å². The average molecular weight is 305 g/mol. The first-order valence-electron chi connectivity index (χ1n) is 6.74. The molecule has 1 amide bonds. The Hall–Kier alpha value is -1.11. The summed E-state index contributed by atoms with van der Waals surface area (Å²) in [5, 5.41) is 11.6. The molecule has 2 atom stereocenters. The lowest BCUT2D eigenvalue weighted by atomic mass is 9.81. The standard InChI is InChI=1S/C13H23NO5S/c1-13(2)7-4-5-9(13)11(15)14-10(12(16)17)6-8-20(3,18)19/h9-10H,4-8H2,1-3H3,(H,14,15)(H,16,17). The minimum Gasteiger partial charge on any atom is -0.480 e. The van der Waals surface area contributed by atoms with Crippen molar-refractivity contribution in [3.05, 3.63) is 0 Å². The Bertz CT molecular complexity index is 483. The third-order valence-corrected chi connectivity index (χ3v) is 4.94. The average Bonchev–Trinajstić information content (AvgIpc) is 2.62. The lowest BCUT2D eigenvalue weighted by Crippen LogP contribution is -2.46. The van der Waals surface area contributed by atoms with Gasteiger partial charge in [-0.05, 0) is 24.7 Å². The van der Waals surface area contributed by atoms with Gasteiger partial charge in [-0.25, -0.2) is 13.2 Å². The van der Waals surface area contributed by atoms with Gasteiger partial charge in [0.25, 0.3) is 0 Å². The van der Waals surface area contributed by atoms with Gasteiger partial charge in [0.15, 0.2) is 0 Å². The van der Waals surface area contributed by atoms with Crippen LogP contribution in [0.2, 0.25) is 0 Å². The monoisotopic (exact) mass is 305 g/mol. The summed E-state index contributed by atoms with van der Waals surface area (Å²) < 4.78 is 22.2. The third kappa shape index (κ3) is 4.77. The molecule has 0 heterocycles. The van der Waals surface area contributed by atoms with Gasteiger partial charge in [0, 0.05) is 12.2 Å². The fourth-order valence-corrected chi connectivity index (χ4v) is 3.34. The molecular weight excluding hydrogens is 282 g/mol. The number of sulfone groups is 1. The van der Waals surface area contributed by atoms with Gasteiger partial charge in [0.2, 0.25) is 5.91 Å². The van der Waals surface area contributed by atoms with Gasteiger partial charge in [-0.2, -0.15) is 0 Å². The van der Waals surface area contributed by atoms with E-state index < -0.39 is 21.8 Å². The number of hydrogen-bond donors (Lipinski definition) is 2. The van der Waals surface area contributed by atoms with Crippen LogP contribution in [-0.4, -0.2) is 43.5 Å². The zero-order valence-corrected chi connectivity index (χ0v) is 13.0. The second-order valence-corrected chi connectivity index (χ2v) is 8.51. The number of carbonyl (C=O) groups is 2. The fraction of sp³-hybridized carbons (Fsp3) is 0.846. The molecule has 1 aliphatic carbocycles. The van der Waals surface area contributed by atoms with E-state index in [4.69, 9.17) is 5.11 Å². The van der Waals surface area contributed by atoms with E-state index in [-0.39, 0.29) is 29.4 Å². The van der Waals surface area contributed by atoms with Crippen LogP contribution in [0.15, 0.2) is 0 Å². The van der Waals surface area contributed by atoms with Crippen molar-refractivity contribution in [1.82, 2.24) is 5.32 Å². The van der Waals surface area contributed by atoms with Crippen molar-refractivity contribution in [2.24, 2.45) is 11.3 Å². The molecule has 2 unspecified atom stereocenters. The Morgan fingerprint density at radius 2 is 2.00 bits per heavy atom. The van der Waals surface area contributed by atoms with Gasteiger partial charge in [0.05, 0.1) is 5.75 Å². The maximum absolute atomic E-state index is 12.2. The van der Waals surface area contributed by atoms with E-state index in [9.17, 15) is 18.0 Å². The molecule has 0 spiro atoms. The molecule has 0 aromatic heterocycles. The predicted octanol–water partition coefficient (Wildman–Crippen LogP) is 0.817. The van der Waals surface area contributed by atoms with Crippen molar-refractivity contribution in [2.45, 2.75) is 45.6 Å². The summed E-state index contributed by atoms with van der Waals surface area (Å²) in [7, 11) is -3.25. The van der Waals surface area contributed by atoms with E-state index in [1.807, 2.05) is 13.8 Å². The first-order valence-corrected chi connectivity index (χ1v) is 8.80. The fourth-order valence-electron chi connectivity index (χ4n) is 2.67. The van der Waals surface area contributed by atoms with Crippen molar-refractivity contribution in [1.29, 1.82) is 0 Å². The van der Waals surface area contributed by atoms with Gasteiger partial charge in [-0.15, -0.1) is 0 Å². The molecule has 0 aromatic rings. The van der Waals surface area contributed by atoms with Gasteiger partial charge in [0.1, 0.15) is 15.9 Å². The maximum atomic E-state index is 12.2. The number of carbonyl (C=O) groups excluding carboxylic acids is 1. The molecule has 0 aromatic carbocycles. The molecule has 6 nitrogen and oxygen atoms in total. The number of hydrogen-bond acceptors (Lipinski definition) is 4. The molecule has 20 heavy (non-hydrogen) atoms. The molecule has 0 radical (unpaired) electrons. The van der Waals surface area contributed by atoms with Gasteiger partial charge in [-0.1, -0.05) is 20.3 Å². The van der Waals surface area contributed by atoms with Gasteiger partial charge < -0.3 is 10.4 Å². The molecule has 1 saturated carbocycles. The van der Waals surface area contributed by atoms with E-state index >= 15 is 0 Å². The topological polar surface area (TPSA) is 101 Å². The number of carboxylic acids is 1. The van der Waals surface area contributed by atoms with Crippen LogP contribution in [0.25, 0.3) is 0 Å². The Morgan fingerprint density at radius 1 is 1.40 bits per heavy atom. The van der Waals surface area contributed by atoms with Crippen LogP contribution < -0.4 is 5.32 Å². The molecule has 1 rings (SSSR count). The summed E-state index contributed by atoms with van der Waals surface area (Å²) in [4.78, 5) is 23.3. The largest absolute Gasteiger partial charge is 0.480 e. The van der Waals surface area contributed by atoms with Crippen molar-refractivity contribution < 1.29 is 23.1 Å². The van der Waals surface area contributed by atoms with Crippen LogP contribution in [0.5, 0.6) is 0 Å². The zero-order chi connectivity index (χ0) is 15.6. The van der Waals surface area contributed by atoms with Crippen LogP contribution >= 0.6 is 0 Å². The predicted molar refractivity (Wildman–Crippen MR) is 75.0 cm³/mol. The second-order valence-electron chi connectivity index (χ2n) is 6.25. The summed E-state index contributed by atoms with van der Waals surface area (Å²) in [6.45, 7) is 3.99. The number of amides is 1.